The zero-order chi connectivity index (χ0) is 11.8. The van der Waals surface area contributed by atoms with Crippen LogP contribution < -0.4 is 0 Å². The van der Waals surface area contributed by atoms with Gasteiger partial charge in [-0.3, -0.25) is 0 Å². The van der Waals surface area contributed by atoms with Gasteiger partial charge in [0, 0.05) is 7.11 Å². The first kappa shape index (κ1) is 13.9. The van der Waals surface area contributed by atoms with Gasteiger partial charge in [0.2, 0.25) is 0 Å². The summed E-state index contributed by atoms with van der Waals surface area (Å²) >= 11 is 0. The fourth-order valence-electron chi connectivity index (χ4n) is 1.41. The van der Waals surface area contributed by atoms with Gasteiger partial charge in [-0.1, -0.05) is 30.4 Å². The van der Waals surface area contributed by atoms with Crippen molar-refractivity contribution in [2.75, 3.05) is 13.7 Å². The van der Waals surface area contributed by atoms with Gasteiger partial charge in [-0.15, -0.1) is 0 Å². The van der Waals surface area contributed by atoms with Crippen molar-refractivity contribution in [1.29, 1.82) is 0 Å². The van der Waals surface area contributed by atoms with E-state index in [0.29, 0.717) is 6.61 Å². The molecular formula is C14H22O. The van der Waals surface area contributed by atoms with Crippen LogP contribution in [0.25, 0.3) is 0 Å². The predicted molar refractivity (Wildman–Crippen MR) is 68.0 cm³/mol. The van der Waals surface area contributed by atoms with E-state index in [2.05, 4.69) is 32.6 Å². The fourth-order valence-corrected chi connectivity index (χ4v) is 1.41. The van der Waals surface area contributed by atoms with Crippen molar-refractivity contribution in [3.63, 3.8) is 0 Å². The van der Waals surface area contributed by atoms with E-state index in [4.69, 9.17) is 4.74 Å². The molecule has 0 aliphatic carbocycles. The lowest BCUT2D eigenvalue weighted by Gasteiger charge is -2.12. The van der Waals surface area contributed by atoms with Gasteiger partial charge in [-0.05, 0) is 44.4 Å². The Kier molecular flexibility index (Phi) is 6.72. The predicted octanol–water partition coefficient (Wildman–Crippen LogP) is 4.05. The average molecular weight is 206 g/mol. The van der Waals surface area contributed by atoms with E-state index in [1.807, 2.05) is 19.9 Å². The SMILES string of the molecule is C=C(C(=CC)COC)C(C=CC)=C(C)C. The Hall–Kier alpha value is -1.08. The second-order valence-electron chi connectivity index (χ2n) is 3.64. The van der Waals surface area contributed by atoms with Crippen molar-refractivity contribution in [2.45, 2.75) is 27.7 Å². The Morgan fingerprint density at radius 2 is 1.87 bits per heavy atom. The maximum Gasteiger partial charge on any atom is 0.0715 e. The number of ether oxygens (including phenoxy) is 1. The van der Waals surface area contributed by atoms with Crippen molar-refractivity contribution in [3.8, 4) is 0 Å². The Labute approximate surface area is 93.8 Å². The molecule has 0 aromatic heterocycles. The minimum atomic E-state index is 0.615. The van der Waals surface area contributed by atoms with E-state index in [9.17, 15) is 0 Å². The molecular weight excluding hydrogens is 184 g/mol. The third kappa shape index (κ3) is 4.30. The van der Waals surface area contributed by atoms with E-state index >= 15 is 0 Å². The standard InChI is InChI=1S/C14H22O/c1-7-9-14(11(3)4)12(5)13(8-2)10-15-6/h7-9H,5,10H2,1-4,6H3. The molecule has 0 radical (unpaired) electrons. The van der Waals surface area contributed by atoms with Crippen LogP contribution in [0.3, 0.4) is 0 Å². The molecule has 15 heavy (non-hydrogen) atoms. The fraction of sp³-hybridized carbons (Fsp3) is 0.429. The molecule has 0 saturated carbocycles. The van der Waals surface area contributed by atoms with Gasteiger partial charge >= 0.3 is 0 Å². The quantitative estimate of drug-likeness (QED) is 0.617. The van der Waals surface area contributed by atoms with Gasteiger partial charge < -0.3 is 4.74 Å². The van der Waals surface area contributed by atoms with E-state index in [1.54, 1.807) is 7.11 Å². The van der Waals surface area contributed by atoms with Crippen LogP contribution in [0.1, 0.15) is 27.7 Å². The highest BCUT2D eigenvalue weighted by Crippen LogP contribution is 2.22. The van der Waals surface area contributed by atoms with Crippen molar-refractivity contribution >= 4 is 0 Å². The lowest BCUT2D eigenvalue weighted by molar-refractivity contribution is 0.227. The van der Waals surface area contributed by atoms with Crippen LogP contribution in [0.15, 0.2) is 47.1 Å². The maximum absolute atomic E-state index is 5.15. The highest BCUT2D eigenvalue weighted by atomic mass is 16.5. The Balaban J connectivity index is 5.04. The van der Waals surface area contributed by atoms with E-state index in [0.717, 1.165) is 11.1 Å². The van der Waals surface area contributed by atoms with Crippen LogP contribution in [0.5, 0.6) is 0 Å². The minimum Gasteiger partial charge on any atom is -0.380 e. The topological polar surface area (TPSA) is 9.23 Å². The molecule has 1 nitrogen and oxygen atoms in total. The molecule has 0 unspecified atom stereocenters. The molecule has 0 aromatic carbocycles. The van der Waals surface area contributed by atoms with Crippen molar-refractivity contribution in [2.24, 2.45) is 0 Å². The first-order chi connectivity index (χ1) is 7.08. The number of methoxy groups -OCH3 is 1. The molecule has 0 fully saturated rings. The Morgan fingerprint density at radius 1 is 1.27 bits per heavy atom. The lowest BCUT2D eigenvalue weighted by Crippen LogP contribution is -2.00. The summed E-state index contributed by atoms with van der Waals surface area (Å²) in [7, 11) is 1.70. The van der Waals surface area contributed by atoms with Gasteiger partial charge in [-0.2, -0.15) is 0 Å². The first-order valence-corrected chi connectivity index (χ1v) is 5.22. The number of allylic oxidation sites excluding steroid dienone is 5. The van der Waals surface area contributed by atoms with Crippen molar-refractivity contribution in [3.05, 3.63) is 47.1 Å². The van der Waals surface area contributed by atoms with Crippen molar-refractivity contribution in [1.82, 2.24) is 0 Å². The molecule has 0 aromatic rings. The highest BCUT2D eigenvalue weighted by Gasteiger charge is 2.06. The van der Waals surface area contributed by atoms with E-state index in [-0.39, 0.29) is 0 Å². The highest BCUT2D eigenvalue weighted by molar-refractivity contribution is 5.51. The third-order valence-corrected chi connectivity index (χ3v) is 2.23. The summed E-state index contributed by atoms with van der Waals surface area (Å²) < 4.78 is 5.15. The normalized spacial score (nSPS) is 11.9. The molecule has 84 valence electrons. The molecule has 0 amide bonds. The molecule has 0 atom stereocenters. The van der Waals surface area contributed by atoms with Crippen LogP contribution in [0.4, 0.5) is 0 Å². The van der Waals surface area contributed by atoms with Gasteiger partial charge in [0.25, 0.3) is 0 Å². The zero-order valence-corrected chi connectivity index (χ0v) is 10.6. The molecule has 0 bridgehead atoms. The van der Waals surface area contributed by atoms with Crippen LogP contribution in [-0.4, -0.2) is 13.7 Å². The van der Waals surface area contributed by atoms with Crippen LogP contribution in [-0.2, 0) is 4.74 Å². The summed E-state index contributed by atoms with van der Waals surface area (Å²) in [5.41, 5.74) is 4.67. The minimum absolute atomic E-state index is 0.615. The molecule has 0 aliphatic rings. The van der Waals surface area contributed by atoms with Gasteiger partial charge in [0.05, 0.1) is 6.61 Å². The molecule has 0 spiro atoms. The van der Waals surface area contributed by atoms with E-state index in [1.165, 1.54) is 11.1 Å². The number of hydrogen-bond acceptors (Lipinski definition) is 1. The second kappa shape index (κ2) is 7.24. The summed E-state index contributed by atoms with van der Waals surface area (Å²) in [6.45, 7) is 13.0. The van der Waals surface area contributed by atoms with Crippen molar-refractivity contribution < 1.29 is 4.74 Å². The number of hydrogen-bond donors (Lipinski definition) is 0. The van der Waals surface area contributed by atoms with Gasteiger partial charge in [-0.25, -0.2) is 0 Å². The van der Waals surface area contributed by atoms with Gasteiger partial charge in [0.1, 0.15) is 0 Å². The average Bonchev–Trinajstić information content (AvgIpc) is 2.21. The maximum atomic E-state index is 5.15. The molecule has 0 rings (SSSR count). The van der Waals surface area contributed by atoms with Gasteiger partial charge in [0.15, 0.2) is 0 Å². The first-order valence-electron chi connectivity index (χ1n) is 5.22. The molecule has 0 heterocycles. The smallest absolute Gasteiger partial charge is 0.0715 e. The zero-order valence-electron chi connectivity index (χ0n) is 10.6. The molecule has 0 saturated heterocycles. The number of rotatable bonds is 5. The third-order valence-electron chi connectivity index (χ3n) is 2.23. The molecule has 0 aliphatic heterocycles. The summed E-state index contributed by atoms with van der Waals surface area (Å²) in [6, 6.07) is 0. The Morgan fingerprint density at radius 3 is 2.20 bits per heavy atom. The van der Waals surface area contributed by atoms with Crippen LogP contribution in [0.2, 0.25) is 0 Å². The second-order valence-corrected chi connectivity index (χ2v) is 3.64. The molecule has 0 N–H and O–H groups in total. The Bertz CT molecular complexity index is 299. The van der Waals surface area contributed by atoms with Crippen LogP contribution in [0, 0.1) is 0 Å². The summed E-state index contributed by atoms with van der Waals surface area (Å²) in [4.78, 5) is 0. The summed E-state index contributed by atoms with van der Waals surface area (Å²) in [5, 5.41) is 0. The van der Waals surface area contributed by atoms with Crippen LogP contribution >= 0.6 is 0 Å². The molecule has 1 heteroatoms. The monoisotopic (exact) mass is 206 g/mol. The van der Waals surface area contributed by atoms with E-state index < -0.39 is 0 Å². The lowest BCUT2D eigenvalue weighted by atomic mass is 9.96. The summed E-state index contributed by atoms with van der Waals surface area (Å²) in [5.74, 6) is 0. The summed E-state index contributed by atoms with van der Waals surface area (Å²) in [6.07, 6.45) is 6.18. The largest absolute Gasteiger partial charge is 0.380 e.